The predicted molar refractivity (Wildman–Crippen MR) is 78.5 cm³/mol. The first-order valence-corrected chi connectivity index (χ1v) is 6.60. The van der Waals surface area contributed by atoms with Gasteiger partial charge in [-0.3, -0.25) is 0 Å². The molecule has 0 saturated heterocycles. The molecule has 0 saturated carbocycles. The number of aryl methyl sites for hydroxylation is 1. The second-order valence-electron chi connectivity index (χ2n) is 4.39. The van der Waals surface area contributed by atoms with Gasteiger partial charge >= 0.3 is 0 Å². The molecule has 0 atom stereocenters. The largest absolute Gasteiger partial charge is 0.476 e. The maximum atomic E-state index is 5.82. The fourth-order valence-corrected chi connectivity index (χ4v) is 1.65. The molecular weight excluding hydrogens is 254 g/mol. The molecule has 2 heterocycles. The first kappa shape index (κ1) is 14.0. The Labute approximate surface area is 118 Å². The number of anilines is 2. The number of hydrogen-bond donors (Lipinski definition) is 2. The van der Waals surface area contributed by atoms with Crippen molar-refractivity contribution in [1.29, 1.82) is 0 Å². The van der Waals surface area contributed by atoms with E-state index in [1.165, 1.54) is 0 Å². The second kappa shape index (κ2) is 6.70. The molecule has 0 aliphatic heterocycles. The molecule has 20 heavy (non-hydrogen) atoms. The highest BCUT2D eigenvalue weighted by Crippen LogP contribution is 2.21. The average molecular weight is 273 g/mol. The lowest BCUT2D eigenvalue weighted by Gasteiger charge is -2.10. The highest BCUT2D eigenvalue weighted by atomic mass is 16.5. The van der Waals surface area contributed by atoms with E-state index in [4.69, 9.17) is 10.5 Å². The van der Waals surface area contributed by atoms with E-state index in [2.05, 4.69) is 20.3 Å². The molecule has 0 amide bonds. The van der Waals surface area contributed by atoms with Gasteiger partial charge in [0.05, 0.1) is 24.5 Å². The van der Waals surface area contributed by atoms with E-state index >= 15 is 0 Å². The zero-order chi connectivity index (χ0) is 14.4. The Morgan fingerprint density at radius 1 is 1.25 bits per heavy atom. The summed E-state index contributed by atoms with van der Waals surface area (Å²) in [5.74, 6) is 1.93. The van der Waals surface area contributed by atoms with Crippen LogP contribution >= 0.6 is 0 Å². The molecule has 106 valence electrons. The number of nitrogens with two attached hydrogens (primary N) is 1. The summed E-state index contributed by atoms with van der Waals surface area (Å²) in [4.78, 5) is 12.7. The first-order chi connectivity index (χ1) is 9.69. The monoisotopic (exact) mass is 273 g/mol. The van der Waals surface area contributed by atoms with Gasteiger partial charge in [0.1, 0.15) is 11.6 Å². The second-order valence-corrected chi connectivity index (χ2v) is 4.39. The molecule has 2 aromatic heterocycles. The maximum absolute atomic E-state index is 5.82. The van der Waals surface area contributed by atoms with E-state index in [0.29, 0.717) is 30.5 Å². The number of nitrogens with zero attached hydrogens (tertiary/aromatic N) is 3. The quantitative estimate of drug-likeness (QED) is 0.838. The molecule has 0 spiro atoms. The summed E-state index contributed by atoms with van der Waals surface area (Å²) in [5, 5.41) is 3.20. The van der Waals surface area contributed by atoms with Crippen LogP contribution < -0.4 is 15.8 Å². The van der Waals surface area contributed by atoms with Crippen molar-refractivity contribution in [3.8, 4) is 5.88 Å². The lowest BCUT2D eigenvalue weighted by Crippen LogP contribution is -2.07. The minimum absolute atomic E-state index is 0.468. The van der Waals surface area contributed by atoms with Crippen LogP contribution in [0.2, 0.25) is 0 Å². The normalized spacial score (nSPS) is 10.3. The summed E-state index contributed by atoms with van der Waals surface area (Å²) in [5.41, 5.74) is 7.27. The van der Waals surface area contributed by atoms with Gasteiger partial charge in [-0.25, -0.2) is 9.97 Å². The van der Waals surface area contributed by atoms with Crippen molar-refractivity contribution in [2.75, 3.05) is 17.7 Å². The van der Waals surface area contributed by atoms with Gasteiger partial charge < -0.3 is 15.8 Å². The zero-order valence-electron chi connectivity index (χ0n) is 11.8. The fraction of sp³-hybridized carbons (Fsp3) is 0.357. The molecule has 2 aromatic rings. The Morgan fingerprint density at radius 3 is 2.85 bits per heavy atom. The Balaban J connectivity index is 2.02. The zero-order valence-corrected chi connectivity index (χ0v) is 11.8. The number of nitrogens with one attached hydrogen (secondary N) is 1. The number of ether oxygens (including phenoxy) is 1. The van der Waals surface area contributed by atoms with Crippen molar-refractivity contribution in [3.63, 3.8) is 0 Å². The molecule has 6 heteroatoms. The number of nitrogen functional groups attached to an aromatic ring is 1. The minimum atomic E-state index is 0.468. The number of hydrogen-bond acceptors (Lipinski definition) is 6. The molecule has 2 rings (SSSR count). The van der Waals surface area contributed by atoms with Gasteiger partial charge in [0.2, 0.25) is 5.88 Å². The molecular formula is C14H19N5O. The molecule has 0 fully saturated rings. The van der Waals surface area contributed by atoms with Gasteiger partial charge in [0.25, 0.3) is 0 Å². The molecule has 0 aliphatic carbocycles. The van der Waals surface area contributed by atoms with Crippen molar-refractivity contribution in [3.05, 3.63) is 35.9 Å². The number of pyridine rings is 1. The summed E-state index contributed by atoms with van der Waals surface area (Å²) in [7, 11) is 0. The van der Waals surface area contributed by atoms with Crippen LogP contribution in [0.3, 0.4) is 0 Å². The van der Waals surface area contributed by atoms with Crippen molar-refractivity contribution in [2.24, 2.45) is 0 Å². The van der Waals surface area contributed by atoms with Gasteiger partial charge in [-0.15, -0.1) is 0 Å². The van der Waals surface area contributed by atoms with Gasteiger partial charge in [-0.1, -0.05) is 6.92 Å². The third-order valence-electron chi connectivity index (χ3n) is 2.62. The van der Waals surface area contributed by atoms with Crippen LogP contribution in [-0.2, 0) is 6.54 Å². The predicted octanol–water partition coefficient (Wildman–Crippen LogP) is 2.16. The van der Waals surface area contributed by atoms with Crippen LogP contribution in [0.25, 0.3) is 0 Å². The lowest BCUT2D eigenvalue weighted by atomic mass is 10.3. The van der Waals surface area contributed by atoms with E-state index in [9.17, 15) is 0 Å². The molecule has 0 radical (unpaired) electrons. The number of rotatable bonds is 6. The standard InChI is InChI=1S/C14H19N5O/c1-3-8-20-14-12(15)4-5-13(19-14)17-9-11-6-7-16-10(2)18-11/h4-7H,3,8-9,15H2,1-2H3,(H,17,19). The molecule has 3 N–H and O–H groups in total. The van der Waals surface area contributed by atoms with Gasteiger partial charge in [0, 0.05) is 6.20 Å². The van der Waals surface area contributed by atoms with Gasteiger partial charge in [-0.2, -0.15) is 4.98 Å². The Morgan fingerprint density at radius 2 is 2.10 bits per heavy atom. The highest BCUT2D eigenvalue weighted by Gasteiger charge is 2.04. The lowest BCUT2D eigenvalue weighted by molar-refractivity contribution is 0.307. The van der Waals surface area contributed by atoms with Crippen LogP contribution in [0, 0.1) is 6.92 Å². The van der Waals surface area contributed by atoms with Gasteiger partial charge in [-0.05, 0) is 31.5 Å². The smallest absolute Gasteiger partial charge is 0.239 e. The van der Waals surface area contributed by atoms with E-state index in [0.717, 1.165) is 17.9 Å². The fourth-order valence-electron chi connectivity index (χ4n) is 1.65. The molecule has 0 aliphatic rings. The van der Waals surface area contributed by atoms with E-state index in [-0.39, 0.29) is 0 Å². The van der Waals surface area contributed by atoms with Crippen molar-refractivity contribution in [2.45, 2.75) is 26.8 Å². The summed E-state index contributed by atoms with van der Waals surface area (Å²) >= 11 is 0. The molecule has 0 aromatic carbocycles. The Hall–Kier alpha value is -2.37. The first-order valence-electron chi connectivity index (χ1n) is 6.60. The van der Waals surface area contributed by atoms with Crippen LogP contribution in [0.5, 0.6) is 5.88 Å². The minimum Gasteiger partial charge on any atom is -0.476 e. The van der Waals surface area contributed by atoms with Crippen LogP contribution in [0.1, 0.15) is 24.9 Å². The van der Waals surface area contributed by atoms with Gasteiger partial charge in [0.15, 0.2) is 0 Å². The molecule has 0 unspecified atom stereocenters. The third-order valence-corrected chi connectivity index (χ3v) is 2.62. The molecule has 6 nitrogen and oxygen atoms in total. The third kappa shape index (κ3) is 3.81. The summed E-state index contributed by atoms with van der Waals surface area (Å²) in [6, 6.07) is 5.47. The SMILES string of the molecule is CCCOc1nc(NCc2ccnc(C)n2)ccc1N. The highest BCUT2D eigenvalue weighted by molar-refractivity contribution is 5.53. The Bertz CT molecular complexity index is 573. The summed E-state index contributed by atoms with van der Waals surface area (Å²) in [6.07, 6.45) is 2.66. The maximum Gasteiger partial charge on any atom is 0.239 e. The molecule has 0 bridgehead atoms. The number of aromatic nitrogens is 3. The van der Waals surface area contributed by atoms with Crippen molar-refractivity contribution in [1.82, 2.24) is 15.0 Å². The van der Waals surface area contributed by atoms with E-state index in [1.807, 2.05) is 26.0 Å². The Kier molecular flexibility index (Phi) is 4.70. The van der Waals surface area contributed by atoms with E-state index in [1.54, 1.807) is 12.3 Å². The van der Waals surface area contributed by atoms with Crippen molar-refractivity contribution < 1.29 is 4.74 Å². The van der Waals surface area contributed by atoms with Crippen molar-refractivity contribution >= 4 is 11.5 Å². The summed E-state index contributed by atoms with van der Waals surface area (Å²) in [6.45, 7) is 5.08. The van der Waals surface area contributed by atoms with Crippen LogP contribution in [0.4, 0.5) is 11.5 Å². The van der Waals surface area contributed by atoms with Crippen LogP contribution in [0.15, 0.2) is 24.4 Å². The van der Waals surface area contributed by atoms with E-state index < -0.39 is 0 Å². The van der Waals surface area contributed by atoms with Crippen LogP contribution in [-0.4, -0.2) is 21.6 Å². The topological polar surface area (TPSA) is 86.0 Å². The average Bonchev–Trinajstić information content (AvgIpc) is 2.45. The summed E-state index contributed by atoms with van der Waals surface area (Å²) < 4.78 is 5.50.